The van der Waals surface area contributed by atoms with Crippen LogP contribution in [-0.4, -0.2) is 87.6 Å². The minimum Gasteiger partial charge on any atom is -0.390 e. The quantitative estimate of drug-likeness (QED) is 0.342. The van der Waals surface area contributed by atoms with Crippen molar-refractivity contribution >= 4 is 5.69 Å². The van der Waals surface area contributed by atoms with Gasteiger partial charge in [-0.1, -0.05) is 18.2 Å². The van der Waals surface area contributed by atoms with Crippen LogP contribution in [0.15, 0.2) is 42.9 Å². The Morgan fingerprint density at radius 1 is 1.18 bits per heavy atom. The van der Waals surface area contributed by atoms with E-state index in [9.17, 15) is 18.3 Å². The van der Waals surface area contributed by atoms with Crippen molar-refractivity contribution in [2.24, 2.45) is 0 Å². The molecular weight excluding hydrogens is 500 g/mol. The van der Waals surface area contributed by atoms with E-state index in [0.717, 1.165) is 29.8 Å². The fourth-order valence-electron chi connectivity index (χ4n) is 5.47. The number of hydrogen-bond acceptors (Lipinski definition) is 6. The molecule has 2 aromatic heterocycles. The third-order valence-corrected chi connectivity index (χ3v) is 7.39. The molecule has 38 heavy (non-hydrogen) atoms. The molecule has 0 bridgehead atoms. The minimum atomic E-state index is -3.35. The van der Waals surface area contributed by atoms with Gasteiger partial charge in [-0.2, -0.15) is 5.10 Å². The highest BCUT2D eigenvalue weighted by molar-refractivity contribution is 5.64. The van der Waals surface area contributed by atoms with Gasteiger partial charge in [0.15, 0.2) is 0 Å². The largest absolute Gasteiger partial charge is 0.390 e. The number of nitrogens with zero attached hydrogens (tertiary/aromatic N) is 4. The van der Waals surface area contributed by atoms with Crippen molar-refractivity contribution in [2.45, 2.75) is 43.8 Å². The van der Waals surface area contributed by atoms with Crippen LogP contribution >= 0.6 is 0 Å². The molecule has 3 aromatic rings. The molecule has 0 radical (unpaired) electrons. The second kappa shape index (κ2) is 11.0. The van der Waals surface area contributed by atoms with E-state index in [1.165, 1.54) is 17.2 Å². The van der Waals surface area contributed by atoms with Gasteiger partial charge in [0.25, 0.3) is 5.92 Å². The standard InChI is InChI=1S/C27H32F4N6O/c1-17-7-19-8-18(20-10-33-34-11-20)3-4-23(19)26(37(17)15-27(30,31)16-38)25-24(29)9-21(12-32-25)35-22-13-36(14-22)6-2-5-28/h3-4,8-12,17,22,26,35,38H,2,5-7,13-16H2,1H3,(H,33,34)/t17-,26+/m1/s1. The lowest BCUT2D eigenvalue weighted by atomic mass is 9.84. The third kappa shape index (κ3) is 5.55. The van der Waals surface area contributed by atoms with Gasteiger partial charge in [-0.25, -0.2) is 13.2 Å². The number of halogens is 4. The Balaban J connectivity index is 1.44. The summed E-state index contributed by atoms with van der Waals surface area (Å²) in [6, 6.07) is 5.96. The summed E-state index contributed by atoms with van der Waals surface area (Å²) in [7, 11) is 0. The maximum Gasteiger partial charge on any atom is 0.283 e. The number of aromatic amines is 1. The van der Waals surface area contributed by atoms with Gasteiger partial charge in [-0.3, -0.25) is 24.3 Å². The van der Waals surface area contributed by atoms with Crippen LogP contribution in [0.25, 0.3) is 11.1 Å². The Kier molecular flexibility index (Phi) is 7.69. The van der Waals surface area contributed by atoms with E-state index in [1.807, 2.05) is 25.1 Å². The van der Waals surface area contributed by atoms with E-state index < -0.39 is 30.9 Å². The van der Waals surface area contributed by atoms with Gasteiger partial charge in [0, 0.05) is 43.5 Å². The van der Waals surface area contributed by atoms with Crippen molar-refractivity contribution in [3.8, 4) is 11.1 Å². The van der Waals surface area contributed by atoms with Gasteiger partial charge < -0.3 is 10.4 Å². The molecular formula is C27H32F4N6O. The van der Waals surface area contributed by atoms with Crippen molar-refractivity contribution in [3.05, 3.63) is 65.5 Å². The Morgan fingerprint density at radius 3 is 2.68 bits per heavy atom. The lowest BCUT2D eigenvalue weighted by molar-refractivity contribution is -0.0867. The number of H-pyrrole nitrogens is 1. The average molecular weight is 533 g/mol. The van der Waals surface area contributed by atoms with Crippen LogP contribution in [0.1, 0.15) is 36.2 Å². The van der Waals surface area contributed by atoms with Gasteiger partial charge in [-0.05, 0) is 36.5 Å². The van der Waals surface area contributed by atoms with Crippen molar-refractivity contribution in [2.75, 3.05) is 44.8 Å². The van der Waals surface area contributed by atoms with Crippen LogP contribution in [0.5, 0.6) is 0 Å². The molecule has 0 amide bonds. The number of aliphatic hydroxyl groups is 1. The predicted molar refractivity (Wildman–Crippen MR) is 136 cm³/mol. The highest BCUT2D eigenvalue weighted by Crippen LogP contribution is 2.41. The molecule has 1 saturated heterocycles. The van der Waals surface area contributed by atoms with E-state index in [-0.39, 0.29) is 24.5 Å². The molecule has 2 aliphatic heterocycles. The fourth-order valence-corrected chi connectivity index (χ4v) is 5.47. The number of likely N-dealkylation sites (tertiary alicyclic amines) is 1. The smallest absolute Gasteiger partial charge is 0.283 e. The summed E-state index contributed by atoms with van der Waals surface area (Å²) < 4.78 is 56.9. The number of rotatable bonds is 10. The second-order valence-corrected chi connectivity index (χ2v) is 10.3. The molecule has 5 rings (SSSR count). The topological polar surface area (TPSA) is 80.3 Å². The molecule has 2 aliphatic rings. The summed E-state index contributed by atoms with van der Waals surface area (Å²) >= 11 is 0. The second-order valence-electron chi connectivity index (χ2n) is 10.3. The number of alkyl halides is 3. The van der Waals surface area contributed by atoms with Crippen LogP contribution in [0, 0.1) is 5.82 Å². The lowest BCUT2D eigenvalue weighted by Gasteiger charge is -2.43. The summed E-state index contributed by atoms with van der Waals surface area (Å²) in [6.07, 6.45) is 5.99. The van der Waals surface area contributed by atoms with E-state index in [1.54, 1.807) is 12.4 Å². The number of pyridine rings is 1. The SMILES string of the molecule is C[C@@H]1Cc2cc(-c3cn[nH]c3)ccc2[C@@H](c2ncc(NC3CN(CCCF)C3)cc2F)N1CC(F)(F)CO. The van der Waals surface area contributed by atoms with Gasteiger partial charge in [-0.15, -0.1) is 0 Å². The van der Waals surface area contributed by atoms with Crippen LogP contribution in [-0.2, 0) is 6.42 Å². The third-order valence-electron chi connectivity index (χ3n) is 7.39. The molecule has 1 fully saturated rings. The summed E-state index contributed by atoms with van der Waals surface area (Å²) in [5.74, 6) is -3.94. The number of hydrogen-bond donors (Lipinski definition) is 3. The monoisotopic (exact) mass is 532 g/mol. The number of nitrogens with one attached hydrogen (secondary N) is 2. The first-order valence-corrected chi connectivity index (χ1v) is 12.8. The predicted octanol–water partition coefficient (Wildman–Crippen LogP) is 4.03. The average Bonchev–Trinajstić information content (AvgIpc) is 3.41. The number of anilines is 1. The summed E-state index contributed by atoms with van der Waals surface area (Å²) in [6.45, 7) is 1.62. The molecule has 0 saturated carbocycles. The normalized spacial score (nSPS) is 20.8. The van der Waals surface area contributed by atoms with Crippen molar-refractivity contribution in [3.63, 3.8) is 0 Å². The number of fused-ring (bicyclic) bond motifs is 1. The maximum atomic E-state index is 15.6. The van der Waals surface area contributed by atoms with Crippen molar-refractivity contribution < 1.29 is 22.7 Å². The van der Waals surface area contributed by atoms with Crippen LogP contribution in [0.3, 0.4) is 0 Å². The molecule has 0 aliphatic carbocycles. The molecule has 0 unspecified atom stereocenters. The minimum absolute atomic E-state index is 0.0614. The summed E-state index contributed by atoms with van der Waals surface area (Å²) in [5, 5.41) is 19.3. The molecule has 4 heterocycles. The van der Waals surface area contributed by atoms with E-state index in [4.69, 9.17) is 0 Å². The summed E-state index contributed by atoms with van der Waals surface area (Å²) in [4.78, 5) is 8.08. The Morgan fingerprint density at radius 2 is 2.00 bits per heavy atom. The molecule has 1 aromatic carbocycles. The summed E-state index contributed by atoms with van der Waals surface area (Å²) in [5.41, 5.74) is 4.02. The van der Waals surface area contributed by atoms with Crippen molar-refractivity contribution in [1.82, 2.24) is 25.0 Å². The molecule has 204 valence electrons. The van der Waals surface area contributed by atoms with E-state index in [2.05, 4.69) is 25.4 Å². The molecule has 7 nitrogen and oxygen atoms in total. The maximum absolute atomic E-state index is 15.6. The van der Waals surface area contributed by atoms with Gasteiger partial charge in [0.1, 0.15) is 12.4 Å². The van der Waals surface area contributed by atoms with Crippen molar-refractivity contribution in [1.29, 1.82) is 0 Å². The Bertz CT molecular complexity index is 1230. The first-order chi connectivity index (χ1) is 18.3. The molecule has 2 atom stereocenters. The van der Waals surface area contributed by atoms with Crippen LogP contribution in [0.4, 0.5) is 23.2 Å². The Hall–Kier alpha value is -3.02. The molecule has 3 N–H and O–H groups in total. The zero-order valence-corrected chi connectivity index (χ0v) is 21.2. The number of aromatic nitrogens is 3. The first kappa shape index (κ1) is 26.6. The van der Waals surface area contributed by atoms with E-state index >= 15 is 4.39 Å². The molecule has 0 spiro atoms. The zero-order chi connectivity index (χ0) is 26.9. The highest BCUT2D eigenvalue weighted by Gasteiger charge is 2.42. The van der Waals surface area contributed by atoms with Crippen LogP contribution < -0.4 is 5.32 Å². The highest BCUT2D eigenvalue weighted by atomic mass is 19.3. The lowest BCUT2D eigenvalue weighted by Crippen LogP contribution is -2.54. The van der Waals surface area contributed by atoms with E-state index in [0.29, 0.717) is 30.6 Å². The van der Waals surface area contributed by atoms with Gasteiger partial charge in [0.05, 0.1) is 49.1 Å². The number of benzene rings is 1. The molecule has 11 heteroatoms. The van der Waals surface area contributed by atoms with Gasteiger partial charge in [0.2, 0.25) is 0 Å². The number of aliphatic hydroxyl groups excluding tert-OH is 1. The van der Waals surface area contributed by atoms with Gasteiger partial charge >= 0.3 is 0 Å². The zero-order valence-electron chi connectivity index (χ0n) is 21.2. The first-order valence-electron chi connectivity index (χ1n) is 12.8. The fraction of sp³-hybridized carbons (Fsp3) is 0.481. The van der Waals surface area contributed by atoms with Crippen LogP contribution in [0.2, 0.25) is 0 Å². The Labute approximate surface area is 218 Å².